The Hall–Kier alpha value is -0.690. The van der Waals surface area contributed by atoms with Crippen LogP contribution >= 0.6 is 11.6 Å². The second-order valence-corrected chi connectivity index (χ2v) is 1.92. The van der Waals surface area contributed by atoms with Crippen LogP contribution in [0.15, 0.2) is 29.1 Å². The lowest BCUT2D eigenvalue weighted by Gasteiger charge is -1.76. The zero-order valence-electron chi connectivity index (χ0n) is 4.88. The van der Waals surface area contributed by atoms with Gasteiger partial charge < -0.3 is 4.42 Å². The first kappa shape index (κ1) is 6.43. The maximum Gasteiger partial charge on any atom is 0.0974 e. The largest absolute Gasteiger partial charge is 0.472 e. The van der Waals surface area contributed by atoms with Crippen molar-refractivity contribution >= 4 is 17.7 Å². The van der Waals surface area contributed by atoms with Crippen molar-refractivity contribution < 1.29 is 4.42 Å². The third-order valence-corrected chi connectivity index (χ3v) is 1.12. The van der Waals surface area contributed by atoms with E-state index in [2.05, 4.69) is 0 Å². The van der Waals surface area contributed by atoms with Gasteiger partial charge in [0, 0.05) is 11.4 Å². The predicted octanol–water partition coefficient (Wildman–Crippen LogP) is 2.53. The molecule has 0 fully saturated rings. The summed E-state index contributed by atoms with van der Waals surface area (Å²) >= 11 is 5.40. The Morgan fingerprint density at radius 3 is 3.11 bits per heavy atom. The van der Waals surface area contributed by atoms with Gasteiger partial charge in [0.05, 0.1) is 12.5 Å². The molecule has 48 valence electrons. The summed E-state index contributed by atoms with van der Waals surface area (Å²) in [6, 6.07) is 1.88. The van der Waals surface area contributed by atoms with Crippen LogP contribution in [0, 0.1) is 0 Å². The Morgan fingerprint density at radius 2 is 2.56 bits per heavy atom. The first-order chi connectivity index (χ1) is 4.43. The maximum absolute atomic E-state index is 5.40. The van der Waals surface area contributed by atoms with Crippen molar-refractivity contribution in [3.8, 4) is 0 Å². The Bertz CT molecular complexity index is 177. The first-order valence-electron chi connectivity index (χ1n) is 2.68. The van der Waals surface area contributed by atoms with Gasteiger partial charge in [-0.25, -0.2) is 0 Å². The molecule has 0 amide bonds. The van der Waals surface area contributed by atoms with Gasteiger partial charge in [0.25, 0.3) is 0 Å². The van der Waals surface area contributed by atoms with Crippen LogP contribution < -0.4 is 0 Å². The summed E-state index contributed by atoms with van der Waals surface area (Å²) in [5.74, 6) is 0.547. The third-order valence-electron chi connectivity index (χ3n) is 0.943. The summed E-state index contributed by atoms with van der Waals surface area (Å²) < 4.78 is 4.82. The summed E-state index contributed by atoms with van der Waals surface area (Å²) in [5.41, 5.74) is 1.05. The van der Waals surface area contributed by atoms with Crippen LogP contribution in [0.25, 0.3) is 6.08 Å². The highest BCUT2D eigenvalue weighted by atomic mass is 35.5. The van der Waals surface area contributed by atoms with Crippen molar-refractivity contribution in [3.05, 3.63) is 30.2 Å². The van der Waals surface area contributed by atoms with Crippen LogP contribution in [0.2, 0.25) is 0 Å². The third kappa shape index (κ3) is 1.94. The summed E-state index contributed by atoms with van der Waals surface area (Å²) in [5, 5.41) is 0. The van der Waals surface area contributed by atoms with Gasteiger partial charge in [-0.2, -0.15) is 0 Å². The molecule has 1 rings (SSSR count). The summed E-state index contributed by atoms with van der Waals surface area (Å²) in [6.07, 6.45) is 7.08. The van der Waals surface area contributed by atoms with E-state index in [4.69, 9.17) is 16.0 Å². The molecule has 0 aliphatic carbocycles. The summed E-state index contributed by atoms with van der Waals surface area (Å²) in [7, 11) is 0. The minimum Gasteiger partial charge on any atom is -0.472 e. The van der Waals surface area contributed by atoms with Crippen molar-refractivity contribution in [1.29, 1.82) is 0 Å². The van der Waals surface area contributed by atoms with Crippen LogP contribution in [0.3, 0.4) is 0 Å². The Labute approximate surface area is 58.9 Å². The first-order valence-corrected chi connectivity index (χ1v) is 3.21. The van der Waals surface area contributed by atoms with Gasteiger partial charge >= 0.3 is 0 Å². The molecule has 1 aromatic rings. The fraction of sp³-hybridized carbons (Fsp3) is 0.143. The fourth-order valence-electron chi connectivity index (χ4n) is 0.550. The minimum atomic E-state index is 0.547. The monoisotopic (exact) mass is 142 g/mol. The molecule has 0 spiro atoms. The van der Waals surface area contributed by atoms with Gasteiger partial charge in [0.15, 0.2) is 0 Å². The van der Waals surface area contributed by atoms with Gasteiger partial charge in [0.2, 0.25) is 0 Å². The second-order valence-electron chi connectivity index (χ2n) is 1.61. The average Bonchev–Trinajstić information content (AvgIpc) is 2.34. The molecule has 0 aromatic carbocycles. The normalized spacial score (nSPS) is 10.8. The van der Waals surface area contributed by atoms with E-state index in [1.54, 1.807) is 12.5 Å². The van der Waals surface area contributed by atoms with Crippen LogP contribution in [-0.4, -0.2) is 5.88 Å². The molecule has 0 N–H and O–H groups in total. The fourth-order valence-corrected chi connectivity index (χ4v) is 0.640. The van der Waals surface area contributed by atoms with E-state index < -0.39 is 0 Å². The van der Waals surface area contributed by atoms with E-state index in [0.29, 0.717) is 5.88 Å². The van der Waals surface area contributed by atoms with E-state index in [0.717, 1.165) is 5.56 Å². The van der Waals surface area contributed by atoms with Crippen LogP contribution in [0.4, 0.5) is 0 Å². The van der Waals surface area contributed by atoms with Crippen LogP contribution in [0.5, 0.6) is 0 Å². The van der Waals surface area contributed by atoms with E-state index in [1.807, 2.05) is 18.2 Å². The van der Waals surface area contributed by atoms with Gasteiger partial charge in [-0.1, -0.05) is 12.2 Å². The molecule has 0 aliphatic heterocycles. The molecule has 0 saturated heterocycles. The lowest BCUT2D eigenvalue weighted by molar-refractivity contribution is 0.567. The molecule has 0 bridgehead atoms. The number of furan rings is 1. The SMILES string of the molecule is ClC/C=C/c1ccoc1. The molecule has 0 unspecified atom stereocenters. The summed E-state index contributed by atoms with van der Waals surface area (Å²) in [6.45, 7) is 0. The molecular formula is C7H7ClO. The lowest BCUT2D eigenvalue weighted by atomic mass is 10.3. The van der Waals surface area contributed by atoms with E-state index in [1.165, 1.54) is 0 Å². The number of hydrogen-bond donors (Lipinski definition) is 0. The Balaban J connectivity index is 2.57. The zero-order chi connectivity index (χ0) is 6.53. The van der Waals surface area contributed by atoms with E-state index >= 15 is 0 Å². The highest BCUT2D eigenvalue weighted by Gasteiger charge is 1.82. The second kappa shape index (κ2) is 3.36. The van der Waals surface area contributed by atoms with E-state index in [9.17, 15) is 0 Å². The smallest absolute Gasteiger partial charge is 0.0974 e. The standard InChI is InChI=1S/C7H7ClO/c8-4-1-2-7-3-5-9-6-7/h1-3,5-6H,4H2/b2-1+. The molecular weight excluding hydrogens is 136 g/mol. The number of rotatable bonds is 2. The maximum atomic E-state index is 5.40. The van der Waals surface area contributed by atoms with Crippen LogP contribution in [-0.2, 0) is 0 Å². The topological polar surface area (TPSA) is 13.1 Å². The Kier molecular flexibility index (Phi) is 2.40. The summed E-state index contributed by atoms with van der Waals surface area (Å²) in [4.78, 5) is 0. The van der Waals surface area contributed by atoms with Crippen molar-refractivity contribution in [3.63, 3.8) is 0 Å². The van der Waals surface area contributed by atoms with Crippen molar-refractivity contribution in [1.82, 2.24) is 0 Å². The molecule has 0 aliphatic rings. The quantitative estimate of drug-likeness (QED) is 0.579. The lowest BCUT2D eigenvalue weighted by Crippen LogP contribution is -1.60. The van der Waals surface area contributed by atoms with Crippen molar-refractivity contribution in [2.45, 2.75) is 0 Å². The number of alkyl halides is 1. The Morgan fingerprint density at radius 1 is 1.67 bits per heavy atom. The highest BCUT2D eigenvalue weighted by Crippen LogP contribution is 2.01. The van der Waals surface area contributed by atoms with Crippen LogP contribution in [0.1, 0.15) is 5.56 Å². The van der Waals surface area contributed by atoms with Gasteiger partial charge in [-0.3, -0.25) is 0 Å². The van der Waals surface area contributed by atoms with Gasteiger partial charge in [0.1, 0.15) is 0 Å². The molecule has 9 heavy (non-hydrogen) atoms. The minimum absolute atomic E-state index is 0.547. The molecule has 0 saturated carbocycles. The number of allylic oxidation sites excluding steroid dienone is 1. The molecule has 1 nitrogen and oxygen atoms in total. The van der Waals surface area contributed by atoms with Crippen molar-refractivity contribution in [2.24, 2.45) is 0 Å². The molecule has 0 radical (unpaired) electrons. The number of hydrogen-bond acceptors (Lipinski definition) is 1. The molecule has 1 aromatic heterocycles. The highest BCUT2D eigenvalue weighted by molar-refractivity contribution is 6.19. The molecule has 0 atom stereocenters. The van der Waals surface area contributed by atoms with Crippen molar-refractivity contribution in [2.75, 3.05) is 5.88 Å². The zero-order valence-corrected chi connectivity index (χ0v) is 5.64. The van der Waals surface area contributed by atoms with E-state index in [-0.39, 0.29) is 0 Å². The molecule has 1 heterocycles. The average molecular weight is 143 g/mol. The van der Waals surface area contributed by atoms with Gasteiger partial charge in [-0.05, 0) is 6.07 Å². The molecule has 2 heteroatoms. The predicted molar refractivity (Wildman–Crippen MR) is 38.5 cm³/mol. The van der Waals surface area contributed by atoms with Gasteiger partial charge in [-0.15, -0.1) is 11.6 Å². The number of halogens is 1.